The van der Waals surface area contributed by atoms with Gasteiger partial charge in [-0.05, 0) is 12.1 Å². The minimum absolute atomic E-state index is 0.345. The second-order valence-electron chi connectivity index (χ2n) is 3.26. The van der Waals surface area contributed by atoms with E-state index < -0.39 is 23.9 Å². The highest BCUT2D eigenvalue weighted by molar-refractivity contribution is 7.18. The number of rotatable bonds is 5. The van der Waals surface area contributed by atoms with Gasteiger partial charge in [0.15, 0.2) is 5.78 Å². The number of ether oxygens (including phenoxy) is 1. The van der Waals surface area contributed by atoms with Crippen LogP contribution in [-0.2, 0) is 9.53 Å². The number of carboxylic acid groups (broad SMARTS) is 1. The molecule has 0 saturated heterocycles. The molecule has 1 rings (SSSR count). The molecule has 18 heavy (non-hydrogen) atoms. The van der Waals surface area contributed by atoms with Gasteiger partial charge >= 0.3 is 12.1 Å². The number of amides is 1. The Kier molecular flexibility index (Phi) is 5.11. The van der Waals surface area contributed by atoms with Crippen molar-refractivity contribution >= 4 is 40.8 Å². The highest BCUT2D eigenvalue weighted by atomic mass is 35.5. The van der Waals surface area contributed by atoms with Gasteiger partial charge in [-0.25, -0.2) is 9.59 Å². The maximum Gasteiger partial charge on any atom is 0.407 e. The van der Waals surface area contributed by atoms with Crippen molar-refractivity contribution in [2.45, 2.75) is 12.5 Å². The molecule has 98 valence electrons. The van der Waals surface area contributed by atoms with E-state index in [4.69, 9.17) is 16.7 Å². The van der Waals surface area contributed by atoms with Gasteiger partial charge < -0.3 is 15.2 Å². The number of nitrogens with one attached hydrogen (secondary N) is 1. The fourth-order valence-corrected chi connectivity index (χ4v) is 2.14. The fourth-order valence-electron chi connectivity index (χ4n) is 1.15. The number of carbonyl (C=O) groups is 3. The number of ketones is 1. The molecule has 0 saturated carbocycles. The summed E-state index contributed by atoms with van der Waals surface area (Å²) in [5, 5.41) is 10.9. The van der Waals surface area contributed by atoms with Gasteiger partial charge in [-0.2, -0.15) is 0 Å². The van der Waals surface area contributed by atoms with E-state index >= 15 is 0 Å². The van der Waals surface area contributed by atoms with Gasteiger partial charge in [-0.3, -0.25) is 4.79 Å². The van der Waals surface area contributed by atoms with Crippen molar-refractivity contribution in [1.29, 1.82) is 0 Å². The van der Waals surface area contributed by atoms with Crippen molar-refractivity contribution in [3.05, 3.63) is 21.3 Å². The van der Waals surface area contributed by atoms with Gasteiger partial charge in [-0.15, -0.1) is 11.3 Å². The van der Waals surface area contributed by atoms with Crippen LogP contribution in [0.15, 0.2) is 12.1 Å². The van der Waals surface area contributed by atoms with Gasteiger partial charge in [0.25, 0.3) is 0 Å². The lowest BCUT2D eigenvalue weighted by molar-refractivity contribution is -0.139. The third kappa shape index (κ3) is 4.01. The number of Topliss-reactive ketones (excluding diaryl/α,β-unsaturated/α-hetero) is 1. The van der Waals surface area contributed by atoms with E-state index in [1.165, 1.54) is 6.07 Å². The molecule has 0 aliphatic heterocycles. The van der Waals surface area contributed by atoms with Crippen LogP contribution in [0.2, 0.25) is 4.34 Å². The number of hydrogen-bond donors (Lipinski definition) is 2. The van der Waals surface area contributed by atoms with Crippen LogP contribution in [0, 0.1) is 0 Å². The predicted molar refractivity (Wildman–Crippen MR) is 65.2 cm³/mol. The molecular weight excluding hydrogens is 282 g/mol. The lowest BCUT2D eigenvalue weighted by Gasteiger charge is -2.11. The summed E-state index contributed by atoms with van der Waals surface area (Å²) in [4.78, 5) is 33.9. The lowest BCUT2D eigenvalue weighted by atomic mass is 10.1. The van der Waals surface area contributed by atoms with Gasteiger partial charge in [-0.1, -0.05) is 11.6 Å². The number of thiophene rings is 1. The summed E-state index contributed by atoms with van der Waals surface area (Å²) in [6, 6.07) is 1.72. The van der Waals surface area contributed by atoms with Gasteiger partial charge in [0.2, 0.25) is 0 Å². The zero-order valence-corrected chi connectivity index (χ0v) is 10.9. The summed E-state index contributed by atoms with van der Waals surface area (Å²) in [5.74, 6) is -1.72. The van der Waals surface area contributed by atoms with Crippen LogP contribution in [0.25, 0.3) is 0 Å². The maximum atomic E-state index is 11.7. The van der Waals surface area contributed by atoms with Gasteiger partial charge in [0.1, 0.15) is 6.04 Å². The first-order valence-electron chi connectivity index (χ1n) is 4.80. The first kappa shape index (κ1) is 14.5. The summed E-state index contributed by atoms with van der Waals surface area (Å²) in [5.41, 5.74) is 0. The molecule has 1 amide bonds. The molecule has 1 aromatic heterocycles. The molecule has 0 aliphatic rings. The van der Waals surface area contributed by atoms with E-state index in [9.17, 15) is 14.4 Å². The number of methoxy groups -OCH3 is 1. The Bertz CT molecular complexity index is 473. The molecular formula is C10H10ClNO5S. The minimum Gasteiger partial charge on any atom is -0.480 e. The Labute approximate surface area is 112 Å². The molecule has 8 heteroatoms. The quantitative estimate of drug-likeness (QED) is 0.807. The lowest BCUT2D eigenvalue weighted by Crippen LogP contribution is -2.42. The second kappa shape index (κ2) is 6.36. The van der Waals surface area contributed by atoms with Crippen molar-refractivity contribution < 1.29 is 24.2 Å². The van der Waals surface area contributed by atoms with Crippen LogP contribution in [0.5, 0.6) is 0 Å². The standard InChI is InChI=1S/C10H10ClNO5S/c1-17-10(16)12-5(9(14)15)4-6(13)7-2-3-8(11)18-7/h2-3,5H,4H2,1H3,(H,12,16)(H,14,15)/t5-/m1/s1. The number of carboxylic acids is 1. The molecule has 0 radical (unpaired) electrons. The summed E-state index contributed by atoms with van der Waals surface area (Å²) in [7, 11) is 1.11. The second-order valence-corrected chi connectivity index (χ2v) is 4.97. The van der Waals surface area contributed by atoms with E-state index in [2.05, 4.69) is 10.1 Å². The third-order valence-electron chi connectivity index (χ3n) is 2.01. The molecule has 1 atom stereocenters. The minimum atomic E-state index is -1.33. The monoisotopic (exact) mass is 291 g/mol. The van der Waals surface area contributed by atoms with Crippen LogP contribution in [0.4, 0.5) is 4.79 Å². The van der Waals surface area contributed by atoms with Gasteiger partial charge in [0, 0.05) is 6.42 Å². The molecule has 6 nitrogen and oxygen atoms in total. The number of hydrogen-bond acceptors (Lipinski definition) is 5. The molecule has 0 bridgehead atoms. The van der Waals surface area contributed by atoms with Crippen molar-refractivity contribution in [3.63, 3.8) is 0 Å². The summed E-state index contributed by atoms with van der Waals surface area (Å²) < 4.78 is 4.72. The van der Waals surface area contributed by atoms with Crippen LogP contribution in [0.3, 0.4) is 0 Å². The average Bonchev–Trinajstić information content (AvgIpc) is 2.74. The highest BCUT2D eigenvalue weighted by Gasteiger charge is 2.24. The summed E-state index contributed by atoms with van der Waals surface area (Å²) >= 11 is 6.72. The van der Waals surface area contributed by atoms with Crippen LogP contribution >= 0.6 is 22.9 Å². The Morgan fingerprint density at radius 3 is 2.61 bits per heavy atom. The normalized spacial score (nSPS) is 11.7. The summed E-state index contributed by atoms with van der Waals surface area (Å²) in [6.45, 7) is 0. The zero-order chi connectivity index (χ0) is 13.7. The van der Waals surface area contributed by atoms with Crippen LogP contribution < -0.4 is 5.32 Å². The van der Waals surface area contributed by atoms with Gasteiger partial charge in [0.05, 0.1) is 16.3 Å². The van der Waals surface area contributed by atoms with Crippen molar-refractivity contribution in [2.24, 2.45) is 0 Å². The molecule has 1 heterocycles. The molecule has 0 aromatic carbocycles. The van der Waals surface area contributed by atoms with Crippen molar-refractivity contribution in [3.8, 4) is 0 Å². The molecule has 0 aliphatic carbocycles. The Morgan fingerprint density at radius 2 is 2.17 bits per heavy atom. The van der Waals surface area contributed by atoms with Crippen LogP contribution in [-0.4, -0.2) is 36.1 Å². The first-order valence-corrected chi connectivity index (χ1v) is 5.99. The smallest absolute Gasteiger partial charge is 0.407 e. The Hall–Kier alpha value is -1.60. The zero-order valence-electron chi connectivity index (χ0n) is 9.31. The largest absolute Gasteiger partial charge is 0.480 e. The molecule has 2 N–H and O–H groups in total. The maximum absolute atomic E-state index is 11.7. The van der Waals surface area contributed by atoms with E-state index in [-0.39, 0.29) is 6.42 Å². The number of carbonyl (C=O) groups excluding carboxylic acids is 2. The number of halogens is 1. The Balaban J connectivity index is 2.69. The van der Waals surface area contributed by atoms with E-state index in [0.717, 1.165) is 18.4 Å². The third-order valence-corrected chi connectivity index (χ3v) is 3.29. The average molecular weight is 292 g/mol. The number of alkyl carbamates (subject to hydrolysis) is 1. The van der Waals surface area contributed by atoms with Crippen molar-refractivity contribution in [2.75, 3.05) is 7.11 Å². The Morgan fingerprint density at radius 1 is 1.50 bits per heavy atom. The first-order chi connectivity index (χ1) is 8.43. The van der Waals surface area contributed by atoms with Crippen molar-refractivity contribution in [1.82, 2.24) is 5.32 Å². The van der Waals surface area contributed by atoms with E-state index in [0.29, 0.717) is 9.21 Å². The summed E-state index contributed by atoms with van der Waals surface area (Å²) in [6.07, 6.45) is -1.26. The highest BCUT2D eigenvalue weighted by Crippen LogP contribution is 2.22. The predicted octanol–water partition coefficient (Wildman–Crippen LogP) is 1.78. The van der Waals surface area contributed by atoms with E-state index in [1.807, 2.05) is 0 Å². The number of aliphatic carboxylic acids is 1. The molecule has 0 fully saturated rings. The SMILES string of the molecule is COC(=O)N[C@H](CC(=O)c1ccc(Cl)s1)C(=O)O. The molecule has 0 unspecified atom stereocenters. The molecule has 1 aromatic rings. The van der Waals surface area contributed by atoms with Crippen LogP contribution in [0.1, 0.15) is 16.1 Å². The molecule has 0 spiro atoms. The van der Waals surface area contributed by atoms with E-state index in [1.54, 1.807) is 6.07 Å². The fraction of sp³-hybridized carbons (Fsp3) is 0.300. The topological polar surface area (TPSA) is 92.7 Å².